The fraction of sp³-hybridized carbons (Fsp3) is 0.250. The predicted octanol–water partition coefficient (Wildman–Crippen LogP) is -1.94. The lowest BCUT2D eigenvalue weighted by Crippen LogP contribution is -2.47. The maximum atomic E-state index is 10.6. The summed E-state index contributed by atoms with van der Waals surface area (Å²) in [4.78, 5) is 20.0. The number of carbonyl (C=O) groups is 2. The number of nitrogens with two attached hydrogens (primary N) is 2. The highest BCUT2D eigenvalue weighted by Crippen LogP contribution is 1.84. The van der Waals surface area contributed by atoms with Crippen molar-refractivity contribution in [2.75, 3.05) is 6.54 Å². The molecule has 7 heteroatoms. The molecule has 0 heterocycles. The Kier molecular flexibility index (Phi) is 3.58. The summed E-state index contributed by atoms with van der Waals surface area (Å²) in [6.07, 6.45) is 0. The first-order chi connectivity index (χ1) is 5.00. The van der Waals surface area contributed by atoms with E-state index in [9.17, 15) is 9.59 Å². The average Bonchev–Trinajstić information content (AvgIpc) is 2.00. The second kappa shape index (κ2) is 3.96. The molecular weight excluding hydrogens is 170 g/mol. The molecule has 0 aromatic heterocycles. The van der Waals surface area contributed by atoms with Crippen molar-refractivity contribution in [2.45, 2.75) is 0 Å². The van der Waals surface area contributed by atoms with Gasteiger partial charge in [0.15, 0.2) is 0 Å². The van der Waals surface area contributed by atoms with Crippen LogP contribution in [0.4, 0.5) is 0 Å². The van der Waals surface area contributed by atoms with E-state index < -0.39 is 16.9 Å². The van der Waals surface area contributed by atoms with Crippen molar-refractivity contribution in [3.05, 3.63) is 0 Å². The Morgan fingerprint density at radius 1 is 1.55 bits per heavy atom. The molecule has 0 aliphatic heterocycles. The Bertz CT molecular complexity index is 205. The van der Waals surface area contributed by atoms with Gasteiger partial charge in [-0.15, -0.1) is 0 Å². The van der Waals surface area contributed by atoms with Gasteiger partial charge in [0.1, 0.15) is 0 Å². The van der Waals surface area contributed by atoms with Crippen LogP contribution in [-0.2, 0) is 9.59 Å². The monoisotopic (exact) mass is 177 g/mol. The molecule has 0 aliphatic carbocycles. The van der Waals surface area contributed by atoms with Crippen LogP contribution in [0.15, 0.2) is 0 Å². The summed E-state index contributed by atoms with van der Waals surface area (Å²) in [5.74, 6) is 2.79. The van der Waals surface area contributed by atoms with Crippen LogP contribution in [0.2, 0.25) is 0 Å². The third kappa shape index (κ3) is 2.58. The zero-order valence-corrected chi connectivity index (χ0v) is 6.30. The van der Waals surface area contributed by atoms with Crippen molar-refractivity contribution in [2.24, 2.45) is 11.6 Å². The van der Waals surface area contributed by atoms with Crippen LogP contribution in [0.25, 0.3) is 0 Å². The zero-order chi connectivity index (χ0) is 9.02. The van der Waals surface area contributed by atoms with E-state index in [0.29, 0.717) is 5.01 Å². The van der Waals surface area contributed by atoms with E-state index in [1.807, 2.05) is 0 Å². The number of aliphatic carboxylic acids is 1. The molecule has 0 aromatic carbocycles. The Hall–Kier alpha value is -1.05. The van der Waals surface area contributed by atoms with Gasteiger partial charge < -0.3 is 10.8 Å². The minimum atomic E-state index is -1.43. The van der Waals surface area contributed by atoms with Crippen LogP contribution in [0, 0.1) is 0 Å². The molecule has 0 saturated carbocycles. The van der Waals surface area contributed by atoms with Crippen molar-refractivity contribution >= 4 is 29.1 Å². The van der Waals surface area contributed by atoms with E-state index in [1.165, 1.54) is 0 Å². The summed E-state index contributed by atoms with van der Waals surface area (Å²) in [6, 6.07) is 0. The molecule has 0 rings (SSSR count). The number of carboxylic acids is 1. The van der Waals surface area contributed by atoms with Gasteiger partial charge in [-0.2, -0.15) is 0 Å². The molecule has 6 nitrogen and oxygen atoms in total. The van der Waals surface area contributed by atoms with Crippen LogP contribution >= 0.6 is 12.2 Å². The van der Waals surface area contributed by atoms with E-state index in [1.54, 1.807) is 0 Å². The standard InChI is InChI=1S/C4H7N3O3S/c5-1-2(8)7(6)3(11)4(9)10/h1,5-6H2,(H,9,10). The maximum absolute atomic E-state index is 10.6. The van der Waals surface area contributed by atoms with Crippen molar-refractivity contribution < 1.29 is 14.7 Å². The molecule has 11 heavy (non-hydrogen) atoms. The summed E-state index contributed by atoms with van der Waals surface area (Å²) < 4.78 is 0. The van der Waals surface area contributed by atoms with Gasteiger partial charge in [0.05, 0.1) is 6.54 Å². The second-order valence-corrected chi connectivity index (χ2v) is 1.96. The van der Waals surface area contributed by atoms with Crippen LogP contribution in [0.1, 0.15) is 0 Å². The second-order valence-electron chi connectivity index (χ2n) is 1.58. The number of thiocarbonyl (C=S) groups is 1. The van der Waals surface area contributed by atoms with Gasteiger partial charge in [-0.25, -0.2) is 15.6 Å². The highest BCUT2D eigenvalue weighted by Gasteiger charge is 2.18. The maximum Gasteiger partial charge on any atom is 0.365 e. The van der Waals surface area contributed by atoms with Crippen molar-refractivity contribution in [1.82, 2.24) is 5.01 Å². The number of hydrazine groups is 1. The van der Waals surface area contributed by atoms with Crippen molar-refractivity contribution in [3.8, 4) is 0 Å². The van der Waals surface area contributed by atoms with Gasteiger partial charge in [0.25, 0.3) is 5.91 Å². The van der Waals surface area contributed by atoms with E-state index in [2.05, 4.69) is 12.2 Å². The predicted molar refractivity (Wildman–Crippen MR) is 40.3 cm³/mol. The molecule has 0 unspecified atom stereocenters. The number of carbonyl (C=O) groups excluding carboxylic acids is 1. The van der Waals surface area contributed by atoms with Crippen LogP contribution in [0.3, 0.4) is 0 Å². The minimum Gasteiger partial charge on any atom is -0.476 e. The third-order valence-corrected chi connectivity index (χ3v) is 1.22. The highest BCUT2D eigenvalue weighted by atomic mass is 32.1. The third-order valence-electron chi connectivity index (χ3n) is 0.845. The Morgan fingerprint density at radius 3 is 2.27 bits per heavy atom. The van der Waals surface area contributed by atoms with Gasteiger partial charge >= 0.3 is 5.97 Å². The molecule has 0 aromatic rings. The van der Waals surface area contributed by atoms with Crippen molar-refractivity contribution in [1.29, 1.82) is 0 Å². The molecule has 0 spiro atoms. The van der Waals surface area contributed by atoms with E-state index in [-0.39, 0.29) is 6.54 Å². The van der Waals surface area contributed by atoms with E-state index in [0.717, 1.165) is 0 Å². The van der Waals surface area contributed by atoms with Gasteiger partial charge in [-0.05, 0) is 0 Å². The minimum absolute atomic E-state index is 0.331. The van der Waals surface area contributed by atoms with Gasteiger partial charge in [0.2, 0.25) is 4.99 Å². The number of hydrogen-bond acceptors (Lipinski definition) is 5. The summed E-state index contributed by atoms with van der Waals surface area (Å²) in [5, 5.41) is 8.57. The van der Waals surface area contributed by atoms with Crippen LogP contribution < -0.4 is 11.6 Å². The highest BCUT2D eigenvalue weighted by molar-refractivity contribution is 7.81. The number of hydrogen-bond donors (Lipinski definition) is 3. The molecule has 5 N–H and O–H groups in total. The van der Waals surface area contributed by atoms with Gasteiger partial charge in [0, 0.05) is 0 Å². The molecule has 62 valence electrons. The fourth-order valence-corrected chi connectivity index (χ4v) is 0.416. The first kappa shape index (κ1) is 9.95. The summed E-state index contributed by atoms with van der Waals surface area (Å²) >= 11 is 4.27. The van der Waals surface area contributed by atoms with Crippen LogP contribution in [0.5, 0.6) is 0 Å². The number of rotatable bonds is 1. The molecule has 1 amide bonds. The lowest BCUT2D eigenvalue weighted by molar-refractivity contribution is -0.133. The summed E-state index contributed by atoms with van der Waals surface area (Å²) in [5.41, 5.74) is 4.89. The van der Waals surface area contributed by atoms with E-state index >= 15 is 0 Å². The first-order valence-electron chi connectivity index (χ1n) is 2.55. The molecule has 0 aliphatic rings. The summed E-state index contributed by atoms with van der Waals surface area (Å²) in [7, 11) is 0. The molecule has 0 saturated heterocycles. The topological polar surface area (TPSA) is 110 Å². The quantitative estimate of drug-likeness (QED) is 0.186. The number of amides is 1. The Labute approximate surface area is 67.7 Å². The lowest BCUT2D eigenvalue weighted by atomic mass is 10.5. The first-order valence-corrected chi connectivity index (χ1v) is 2.96. The largest absolute Gasteiger partial charge is 0.476 e. The smallest absolute Gasteiger partial charge is 0.365 e. The Morgan fingerprint density at radius 2 is 2.00 bits per heavy atom. The molecule has 0 atom stereocenters. The SMILES string of the molecule is NCC(=O)N(N)C(=S)C(=O)O. The normalized spacial score (nSPS) is 8.91. The molecule has 0 bridgehead atoms. The lowest BCUT2D eigenvalue weighted by Gasteiger charge is -2.12. The number of carboxylic acid groups (broad SMARTS) is 1. The van der Waals surface area contributed by atoms with Crippen LogP contribution in [-0.4, -0.2) is 33.5 Å². The fourth-order valence-electron chi connectivity index (χ4n) is 0.315. The molecular formula is C4H7N3O3S. The molecule has 0 fully saturated rings. The molecule has 0 radical (unpaired) electrons. The zero-order valence-electron chi connectivity index (χ0n) is 5.48. The number of nitrogens with zero attached hydrogens (tertiary/aromatic N) is 1. The van der Waals surface area contributed by atoms with Crippen molar-refractivity contribution in [3.63, 3.8) is 0 Å². The van der Waals surface area contributed by atoms with E-state index in [4.69, 9.17) is 16.7 Å². The Balaban J connectivity index is 4.25. The average molecular weight is 177 g/mol. The van der Waals surface area contributed by atoms with Gasteiger partial charge in [-0.3, -0.25) is 4.79 Å². The van der Waals surface area contributed by atoms with Gasteiger partial charge in [-0.1, -0.05) is 12.2 Å². The summed E-state index contributed by atoms with van der Waals surface area (Å²) in [6.45, 7) is -0.371.